The van der Waals surface area contributed by atoms with E-state index in [0.717, 1.165) is 6.20 Å². The Bertz CT molecular complexity index is 893. The number of aromatic nitrogens is 2. The monoisotopic (exact) mass is 406 g/mol. The normalized spacial score (nSPS) is 32.2. The number of hydrogen-bond donors (Lipinski definition) is 4. The van der Waals surface area contributed by atoms with E-state index in [4.69, 9.17) is 28.8 Å². The molecule has 27 heavy (non-hydrogen) atoms. The van der Waals surface area contributed by atoms with Crippen LogP contribution in [0.2, 0.25) is 0 Å². The Hall–Kier alpha value is -1.99. The van der Waals surface area contributed by atoms with Crippen LogP contribution in [0.1, 0.15) is 31.8 Å². The van der Waals surface area contributed by atoms with Gasteiger partial charge in [-0.05, 0) is 18.1 Å². The molecule has 0 spiro atoms. The standard InChI is InChI=1S/C15H20FN3O7S/c1-6(2)8(17)13(24)25-5-15(16)10(22)9(21)12(26-15)19-3-7(4-20)11(23)18-14(19)27/h3-4,6,8-10,12,21-22H,5,17H2,1-2H3,(H,18,23,27)/t8-,9+,10-,12+,15+/m0/s1/i12D. The maximum atomic E-state index is 15.1. The topological polar surface area (TPSA) is 157 Å². The Balaban J connectivity index is 2.35. The molecule has 5 atom stereocenters. The number of nitrogens with zero attached hydrogens (tertiary/aromatic N) is 1. The molecule has 0 saturated carbocycles. The summed E-state index contributed by atoms with van der Waals surface area (Å²) in [6, 6.07) is -1.06. The molecule has 1 saturated heterocycles. The van der Waals surface area contributed by atoms with Gasteiger partial charge in [0.15, 0.2) is 23.9 Å². The summed E-state index contributed by atoms with van der Waals surface area (Å²) in [5.74, 6) is -4.46. The number of nitrogens with two attached hydrogens (primary N) is 1. The van der Waals surface area contributed by atoms with Crippen molar-refractivity contribution in [3.05, 3.63) is 26.9 Å². The van der Waals surface area contributed by atoms with E-state index in [0.29, 0.717) is 4.57 Å². The number of alkyl halides is 1. The van der Waals surface area contributed by atoms with Crippen LogP contribution in [0.15, 0.2) is 11.0 Å². The molecular formula is C15H20FN3O7S. The van der Waals surface area contributed by atoms with Crippen LogP contribution >= 0.6 is 12.2 Å². The first-order valence-corrected chi connectivity index (χ1v) is 8.27. The van der Waals surface area contributed by atoms with Gasteiger partial charge in [0.25, 0.3) is 11.4 Å². The van der Waals surface area contributed by atoms with E-state index in [1.54, 1.807) is 13.8 Å². The minimum absolute atomic E-state index is 0.156. The highest BCUT2D eigenvalue weighted by atomic mass is 32.1. The Morgan fingerprint density at radius 3 is 2.85 bits per heavy atom. The summed E-state index contributed by atoms with van der Waals surface area (Å²) in [6.07, 6.45) is -6.36. The summed E-state index contributed by atoms with van der Waals surface area (Å²) < 4.78 is 33.1. The second kappa shape index (κ2) is 7.94. The van der Waals surface area contributed by atoms with E-state index in [1.807, 2.05) is 0 Å². The number of carbonyl (C=O) groups is 2. The number of aldehydes is 1. The van der Waals surface area contributed by atoms with Crippen LogP contribution in [0.3, 0.4) is 0 Å². The smallest absolute Gasteiger partial charge is 0.323 e. The number of aliphatic hydroxyl groups excluding tert-OH is 2. The zero-order chi connectivity index (χ0) is 21.4. The lowest BCUT2D eigenvalue weighted by Gasteiger charge is -2.24. The number of carbonyl (C=O) groups excluding carboxylic acids is 2. The molecule has 150 valence electrons. The minimum Gasteiger partial charge on any atom is -0.458 e. The Labute approximate surface area is 159 Å². The van der Waals surface area contributed by atoms with Crippen molar-refractivity contribution in [1.29, 1.82) is 0 Å². The van der Waals surface area contributed by atoms with Crippen molar-refractivity contribution in [3.8, 4) is 0 Å². The highest BCUT2D eigenvalue weighted by Crippen LogP contribution is 2.38. The van der Waals surface area contributed by atoms with Gasteiger partial charge in [-0.3, -0.25) is 23.9 Å². The zero-order valence-corrected chi connectivity index (χ0v) is 15.2. The van der Waals surface area contributed by atoms with Crippen molar-refractivity contribution in [2.45, 2.75) is 44.2 Å². The third-order valence-electron chi connectivity index (χ3n) is 4.00. The SMILES string of the molecule is [2H][C@@]1(n2cc(C=O)c(=O)[nH]c2=S)O[C@](F)(COC(=O)[C@@H](N)C(C)C)[C@@H](O)[C@H]1O. The van der Waals surface area contributed by atoms with E-state index in [2.05, 4.69) is 4.98 Å². The summed E-state index contributed by atoms with van der Waals surface area (Å²) in [7, 11) is 0. The predicted molar refractivity (Wildman–Crippen MR) is 91.0 cm³/mol. The number of H-pyrrole nitrogens is 1. The summed E-state index contributed by atoms with van der Waals surface area (Å²) in [6.45, 7) is 2.11. The number of rotatable bonds is 6. The second-order valence-electron chi connectivity index (χ2n) is 6.33. The maximum absolute atomic E-state index is 15.1. The van der Waals surface area contributed by atoms with Crippen LogP contribution in [0.5, 0.6) is 0 Å². The highest BCUT2D eigenvalue weighted by Gasteiger charge is 2.57. The summed E-state index contributed by atoms with van der Waals surface area (Å²) in [5.41, 5.74) is 4.25. The third kappa shape index (κ3) is 4.14. The molecule has 10 nitrogen and oxygen atoms in total. The molecule has 0 radical (unpaired) electrons. The van der Waals surface area contributed by atoms with Gasteiger partial charge in [-0.2, -0.15) is 0 Å². The van der Waals surface area contributed by atoms with Crippen LogP contribution < -0.4 is 11.3 Å². The van der Waals surface area contributed by atoms with Crippen molar-refractivity contribution in [3.63, 3.8) is 0 Å². The number of esters is 1. The molecule has 1 aliphatic heterocycles. The van der Waals surface area contributed by atoms with Gasteiger partial charge < -0.3 is 25.4 Å². The number of aromatic amines is 1. The van der Waals surface area contributed by atoms with Crippen molar-refractivity contribution >= 4 is 24.5 Å². The van der Waals surface area contributed by atoms with Crippen LogP contribution in [-0.4, -0.2) is 62.7 Å². The van der Waals surface area contributed by atoms with Crippen molar-refractivity contribution in [2.24, 2.45) is 11.7 Å². The molecule has 5 N–H and O–H groups in total. The summed E-state index contributed by atoms with van der Waals surface area (Å²) in [4.78, 5) is 36.4. The zero-order valence-electron chi connectivity index (χ0n) is 15.4. The fourth-order valence-corrected chi connectivity index (χ4v) is 2.48. The molecule has 0 aromatic carbocycles. The fraction of sp³-hybridized carbons (Fsp3) is 0.600. The number of aliphatic hydroxyl groups is 2. The lowest BCUT2D eigenvalue weighted by Crippen LogP contribution is -2.46. The fourth-order valence-electron chi connectivity index (χ4n) is 2.24. The van der Waals surface area contributed by atoms with Crippen molar-refractivity contribution in [2.75, 3.05) is 6.61 Å². The Morgan fingerprint density at radius 1 is 1.67 bits per heavy atom. The molecule has 0 bridgehead atoms. The minimum atomic E-state index is -3.18. The number of ether oxygens (including phenoxy) is 2. The van der Waals surface area contributed by atoms with Gasteiger partial charge in [0, 0.05) is 6.20 Å². The lowest BCUT2D eigenvalue weighted by molar-refractivity contribution is -0.217. The molecule has 1 fully saturated rings. The van der Waals surface area contributed by atoms with Crippen molar-refractivity contribution < 1.29 is 35.0 Å². The maximum Gasteiger partial charge on any atom is 0.323 e. The second-order valence-corrected chi connectivity index (χ2v) is 6.71. The number of halogens is 1. The van der Waals surface area contributed by atoms with Gasteiger partial charge in [-0.25, -0.2) is 4.39 Å². The predicted octanol–water partition coefficient (Wildman–Crippen LogP) is -0.839. The molecule has 12 heteroatoms. The van der Waals surface area contributed by atoms with Crippen molar-refractivity contribution in [1.82, 2.24) is 9.55 Å². The van der Waals surface area contributed by atoms with Crippen LogP contribution in [0, 0.1) is 10.7 Å². The molecule has 1 aromatic heterocycles. The molecule has 1 aliphatic rings. The summed E-state index contributed by atoms with van der Waals surface area (Å²) >= 11 is 4.87. The first-order valence-electron chi connectivity index (χ1n) is 8.36. The quantitative estimate of drug-likeness (QED) is 0.269. The Kier molecular flexibility index (Phi) is 5.81. The average Bonchev–Trinajstić information content (AvgIpc) is 2.80. The molecule has 2 rings (SSSR count). The number of hydrogen-bond acceptors (Lipinski definition) is 9. The van der Waals surface area contributed by atoms with E-state index in [9.17, 15) is 24.6 Å². The first kappa shape index (κ1) is 19.8. The third-order valence-corrected chi connectivity index (χ3v) is 4.30. The van der Waals surface area contributed by atoms with E-state index < -0.39 is 58.8 Å². The van der Waals surface area contributed by atoms with E-state index >= 15 is 4.39 Å². The summed E-state index contributed by atoms with van der Waals surface area (Å²) in [5, 5.41) is 20.3. The van der Waals surface area contributed by atoms with Crippen LogP contribution in [0.25, 0.3) is 0 Å². The highest BCUT2D eigenvalue weighted by molar-refractivity contribution is 7.71. The molecule has 0 aliphatic carbocycles. The lowest BCUT2D eigenvalue weighted by atomic mass is 10.1. The van der Waals surface area contributed by atoms with Gasteiger partial charge in [-0.1, -0.05) is 13.8 Å². The average molecular weight is 406 g/mol. The largest absolute Gasteiger partial charge is 0.458 e. The Morgan fingerprint density at radius 2 is 2.30 bits per heavy atom. The van der Waals surface area contributed by atoms with Crippen LogP contribution in [-0.2, 0) is 14.3 Å². The van der Waals surface area contributed by atoms with Gasteiger partial charge in [0.1, 0.15) is 18.2 Å². The molecule has 2 heterocycles. The molecular weight excluding hydrogens is 385 g/mol. The number of nitrogens with one attached hydrogen (secondary N) is 1. The van der Waals surface area contributed by atoms with Gasteiger partial charge in [0.2, 0.25) is 0 Å². The van der Waals surface area contributed by atoms with E-state index in [1.165, 1.54) is 0 Å². The molecule has 0 unspecified atom stereocenters. The molecule has 1 aromatic rings. The first-order chi connectivity index (χ1) is 12.9. The van der Waals surface area contributed by atoms with Gasteiger partial charge in [-0.15, -0.1) is 0 Å². The van der Waals surface area contributed by atoms with E-state index in [-0.39, 0.29) is 12.2 Å². The van der Waals surface area contributed by atoms with Gasteiger partial charge in [0.05, 0.1) is 6.93 Å². The molecule has 0 amide bonds. The van der Waals surface area contributed by atoms with Crippen LogP contribution in [0.4, 0.5) is 4.39 Å². The van der Waals surface area contributed by atoms with Gasteiger partial charge >= 0.3 is 5.97 Å².